The van der Waals surface area contributed by atoms with Crippen LogP contribution in [0.3, 0.4) is 0 Å². The Morgan fingerprint density at radius 2 is 1.75 bits per heavy atom. The summed E-state index contributed by atoms with van der Waals surface area (Å²) in [7, 11) is 0. The molecule has 3 unspecified atom stereocenters. The SMILES string of the molecule is Cc1cc(C=NC2CCCC(C)C2C)c(O)c(C2CCCCC2)c1. The van der Waals surface area contributed by atoms with E-state index in [4.69, 9.17) is 4.99 Å². The third kappa shape index (κ3) is 3.84. The molecule has 2 heteroatoms. The second-order valence-corrected chi connectivity index (χ2v) is 8.24. The van der Waals surface area contributed by atoms with Gasteiger partial charge in [0.15, 0.2) is 0 Å². The summed E-state index contributed by atoms with van der Waals surface area (Å²) in [4.78, 5) is 4.89. The first-order valence-corrected chi connectivity index (χ1v) is 9.93. The molecule has 24 heavy (non-hydrogen) atoms. The Morgan fingerprint density at radius 1 is 1.00 bits per heavy atom. The molecule has 0 bridgehead atoms. The average Bonchev–Trinajstić information content (AvgIpc) is 2.59. The highest BCUT2D eigenvalue weighted by atomic mass is 16.3. The molecule has 0 radical (unpaired) electrons. The van der Waals surface area contributed by atoms with Gasteiger partial charge in [0.25, 0.3) is 0 Å². The predicted octanol–water partition coefficient (Wildman–Crippen LogP) is 5.99. The van der Waals surface area contributed by atoms with E-state index in [0.717, 1.165) is 17.0 Å². The fourth-order valence-electron chi connectivity index (χ4n) is 4.60. The van der Waals surface area contributed by atoms with Gasteiger partial charge in [0, 0.05) is 11.8 Å². The van der Waals surface area contributed by atoms with E-state index in [-0.39, 0.29) is 0 Å². The Kier molecular flexibility index (Phi) is 5.63. The van der Waals surface area contributed by atoms with Gasteiger partial charge in [-0.25, -0.2) is 0 Å². The van der Waals surface area contributed by atoms with Gasteiger partial charge in [-0.3, -0.25) is 4.99 Å². The molecule has 1 N–H and O–H groups in total. The lowest BCUT2D eigenvalue weighted by molar-refractivity contribution is 0.242. The number of hydrogen-bond acceptors (Lipinski definition) is 2. The highest BCUT2D eigenvalue weighted by Crippen LogP contribution is 2.39. The number of benzene rings is 1. The smallest absolute Gasteiger partial charge is 0.127 e. The Balaban J connectivity index is 1.82. The quantitative estimate of drug-likeness (QED) is 0.679. The van der Waals surface area contributed by atoms with Crippen molar-refractivity contribution in [3.63, 3.8) is 0 Å². The van der Waals surface area contributed by atoms with E-state index in [0.29, 0.717) is 23.6 Å². The van der Waals surface area contributed by atoms with Crippen molar-refractivity contribution in [2.45, 2.75) is 84.1 Å². The molecule has 132 valence electrons. The molecule has 0 aromatic heterocycles. The zero-order valence-corrected chi connectivity index (χ0v) is 15.6. The van der Waals surface area contributed by atoms with Crippen LogP contribution >= 0.6 is 0 Å². The van der Waals surface area contributed by atoms with Crippen molar-refractivity contribution >= 4 is 6.21 Å². The summed E-state index contributed by atoms with van der Waals surface area (Å²) in [6.07, 6.45) is 12.1. The lowest BCUT2D eigenvalue weighted by Crippen LogP contribution is -2.27. The van der Waals surface area contributed by atoms with Gasteiger partial charge in [-0.15, -0.1) is 0 Å². The number of hydrogen-bond donors (Lipinski definition) is 1. The van der Waals surface area contributed by atoms with Gasteiger partial charge < -0.3 is 5.11 Å². The van der Waals surface area contributed by atoms with Crippen molar-refractivity contribution in [3.8, 4) is 5.75 Å². The van der Waals surface area contributed by atoms with E-state index < -0.39 is 0 Å². The van der Waals surface area contributed by atoms with Gasteiger partial charge in [-0.1, -0.05) is 52.0 Å². The largest absolute Gasteiger partial charge is 0.507 e. The molecular formula is C22H33NO. The van der Waals surface area contributed by atoms with Crippen LogP contribution in [0.15, 0.2) is 17.1 Å². The molecule has 2 nitrogen and oxygen atoms in total. The van der Waals surface area contributed by atoms with Gasteiger partial charge in [0.1, 0.15) is 5.75 Å². The summed E-state index contributed by atoms with van der Waals surface area (Å²) in [5.41, 5.74) is 3.31. The summed E-state index contributed by atoms with van der Waals surface area (Å²) in [5.74, 6) is 2.40. The van der Waals surface area contributed by atoms with Crippen LogP contribution in [-0.4, -0.2) is 17.4 Å². The van der Waals surface area contributed by atoms with Gasteiger partial charge in [0.05, 0.1) is 6.04 Å². The van der Waals surface area contributed by atoms with E-state index in [9.17, 15) is 5.11 Å². The number of aliphatic imine (C=N–C) groups is 1. The van der Waals surface area contributed by atoms with Crippen molar-refractivity contribution in [1.29, 1.82) is 0 Å². The van der Waals surface area contributed by atoms with Gasteiger partial charge in [-0.2, -0.15) is 0 Å². The number of rotatable bonds is 3. The summed E-state index contributed by atoms with van der Waals surface area (Å²) >= 11 is 0. The number of nitrogens with zero attached hydrogens (tertiary/aromatic N) is 1. The maximum absolute atomic E-state index is 10.8. The number of phenols is 1. The number of aromatic hydroxyl groups is 1. The van der Waals surface area contributed by atoms with Crippen LogP contribution < -0.4 is 0 Å². The maximum atomic E-state index is 10.8. The van der Waals surface area contributed by atoms with Crippen molar-refractivity contribution in [2.24, 2.45) is 16.8 Å². The molecular weight excluding hydrogens is 294 g/mol. The van der Waals surface area contributed by atoms with E-state index in [1.807, 2.05) is 6.21 Å². The molecule has 0 spiro atoms. The summed E-state index contributed by atoms with van der Waals surface area (Å²) in [6.45, 7) is 6.81. The van der Waals surface area contributed by atoms with Crippen LogP contribution in [-0.2, 0) is 0 Å². The first-order chi connectivity index (χ1) is 11.6. The number of phenolic OH excluding ortho intramolecular Hbond substituents is 1. The molecule has 0 aliphatic heterocycles. The fraction of sp³-hybridized carbons (Fsp3) is 0.682. The highest BCUT2D eigenvalue weighted by Gasteiger charge is 2.26. The lowest BCUT2D eigenvalue weighted by Gasteiger charge is -2.31. The van der Waals surface area contributed by atoms with Crippen LogP contribution in [0, 0.1) is 18.8 Å². The second-order valence-electron chi connectivity index (χ2n) is 8.24. The molecule has 2 saturated carbocycles. The van der Waals surface area contributed by atoms with Crippen LogP contribution in [0.1, 0.15) is 87.8 Å². The average molecular weight is 328 g/mol. The maximum Gasteiger partial charge on any atom is 0.127 e. The molecule has 1 aromatic carbocycles. The van der Waals surface area contributed by atoms with Crippen LogP contribution in [0.5, 0.6) is 5.75 Å². The first-order valence-electron chi connectivity index (χ1n) is 9.93. The third-order valence-electron chi connectivity index (χ3n) is 6.43. The summed E-state index contributed by atoms with van der Waals surface area (Å²) < 4.78 is 0. The molecule has 0 saturated heterocycles. The predicted molar refractivity (Wildman–Crippen MR) is 102 cm³/mol. The monoisotopic (exact) mass is 327 g/mol. The first kappa shape index (κ1) is 17.5. The third-order valence-corrected chi connectivity index (χ3v) is 6.43. The fourth-order valence-corrected chi connectivity index (χ4v) is 4.60. The standard InChI is InChI=1S/C22H33NO/c1-15-12-19(14-23-21-11-7-8-16(2)17(21)3)22(24)20(13-15)18-9-5-4-6-10-18/h12-14,16-18,21,24H,4-11H2,1-3H3. The minimum absolute atomic E-state index is 0.409. The molecule has 3 atom stereocenters. The molecule has 0 amide bonds. The molecule has 1 aromatic rings. The van der Waals surface area contributed by atoms with E-state index >= 15 is 0 Å². The van der Waals surface area contributed by atoms with Crippen molar-refractivity contribution in [1.82, 2.24) is 0 Å². The molecule has 2 fully saturated rings. The highest BCUT2D eigenvalue weighted by molar-refractivity contribution is 5.84. The van der Waals surface area contributed by atoms with E-state index in [1.54, 1.807) is 0 Å². The zero-order valence-electron chi connectivity index (χ0n) is 15.6. The van der Waals surface area contributed by atoms with Crippen molar-refractivity contribution in [2.75, 3.05) is 0 Å². The Morgan fingerprint density at radius 3 is 2.50 bits per heavy atom. The van der Waals surface area contributed by atoms with Gasteiger partial charge >= 0.3 is 0 Å². The topological polar surface area (TPSA) is 32.6 Å². The normalized spacial score (nSPS) is 29.2. The minimum atomic E-state index is 0.409. The summed E-state index contributed by atoms with van der Waals surface area (Å²) in [6, 6.07) is 4.68. The Bertz CT molecular complexity index is 586. The molecule has 2 aliphatic carbocycles. The number of aryl methyl sites for hydroxylation is 1. The van der Waals surface area contributed by atoms with Crippen LogP contribution in [0.25, 0.3) is 0 Å². The molecule has 2 aliphatic rings. The van der Waals surface area contributed by atoms with Crippen LogP contribution in [0.4, 0.5) is 0 Å². The van der Waals surface area contributed by atoms with Crippen molar-refractivity contribution < 1.29 is 5.11 Å². The van der Waals surface area contributed by atoms with Gasteiger partial charge in [-0.05, 0) is 61.1 Å². The minimum Gasteiger partial charge on any atom is -0.507 e. The molecule has 0 heterocycles. The second kappa shape index (κ2) is 7.72. The van der Waals surface area contributed by atoms with Crippen LogP contribution in [0.2, 0.25) is 0 Å². The Labute approximate surface area is 147 Å². The summed E-state index contributed by atoms with van der Waals surface area (Å²) in [5, 5.41) is 10.8. The van der Waals surface area contributed by atoms with Crippen molar-refractivity contribution in [3.05, 3.63) is 28.8 Å². The zero-order chi connectivity index (χ0) is 17.1. The lowest BCUT2D eigenvalue weighted by atomic mass is 9.78. The Hall–Kier alpha value is -1.31. The van der Waals surface area contributed by atoms with Gasteiger partial charge in [0.2, 0.25) is 0 Å². The molecule has 3 rings (SSSR count). The van der Waals surface area contributed by atoms with E-state index in [2.05, 4.69) is 32.9 Å². The van der Waals surface area contributed by atoms with E-state index in [1.165, 1.54) is 56.9 Å².